The summed E-state index contributed by atoms with van der Waals surface area (Å²) in [6, 6.07) is 13.4. The van der Waals surface area contributed by atoms with Crippen molar-refractivity contribution in [1.29, 1.82) is 0 Å². The number of aromatic hydroxyl groups is 1. The minimum Gasteiger partial charge on any atom is -0.493 e. The van der Waals surface area contributed by atoms with Gasteiger partial charge in [-0.05, 0) is 76.4 Å². The Morgan fingerprint density at radius 2 is 1.91 bits per heavy atom. The molecule has 0 radical (unpaired) electrons. The maximum Gasteiger partial charge on any atom is 0.296 e. The van der Waals surface area contributed by atoms with E-state index < -0.39 is 5.91 Å². The van der Waals surface area contributed by atoms with Crippen LogP contribution in [-0.2, 0) is 6.67 Å². The zero-order valence-electron chi connectivity index (χ0n) is 19.6. The summed E-state index contributed by atoms with van der Waals surface area (Å²) in [6.45, 7) is 8.70. The average Bonchev–Trinajstić information content (AvgIpc) is 3.14. The van der Waals surface area contributed by atoms with Gasteiger partial charge in [0.2, 0.25) is 5.88 Å². The molecule has 2 fully saturated rings. The van der Waals surface area contributed by atoms with Crippen LogP contribution in [0.5, 0.6) is 5.88 Å². The Balaban J connectivity index is 1.50. The van der Waals surface area contributed by atoms with Crippen molar-refractivity contribution in [3.8, 4) is 5.88 Å². The molecule has 178 valence electrons. The zero-order chi connectivity index (χ0) is 24.3. The first-order valence-corrected chi connectivity index (χ1v) is 13.1. The first kappa shape index (κ1) is 23.7. The fourth-order valence-electron chi connectivity index (χ4n) is 6.25. The van der Waals surface area contributed by atoms with Gasteiger partial charge in [0.1, 0.15) is 0 Å². The molecule has 1 saturated heterocycles. The van der Waals surface area contributed by atoms with Crippen LogP contribution in [0.4, 0.5) is 5.69 Å². The van der Waals surface area contributed by atoms with Crippen LogP contribution in [0.15, 0.2) is 61.6 Å². The monoisotopic (exact) mass is 586 g/mol. The maximum atomic E-state index is 12.7. The van der Waals surface area contributed by atoms with Gasteiger partial charge in [-0.25, -0.2) is 0 Å². The average molecular weight is 588 g/mol. The number of halogens is 2. The summed E-state index contributed by atoms with van der Waals surface area (Å²) in [7, 11) is 0. The second-order valence-corrected chi connectivity index (χ2v) is 12.6. The van der Waals surface area contributed by atoms with E-state index in [2.05, 4.69) is 67.8 Å². The lowest BCUT2D eigenvalue weighted by atomic mass is 9.65. The van der Waals surface area contributed by atoms with Crippen LogP contribution in [0.1, 0.15) is 50.4 Å². The third kappa shape index (κ3) is 4.36. The van der Waals surface area contributed by atoms with Gasteiger partial charge in [0, 0.05) is 26.9 Å². The van der Waals surface area contributed by atoms with Crippen LogP contribution in [0.3, 0.4) is 0 Å². The fraction of sp³-hybridized carbons (Fsp3) is 0.423. The molecule has 8 heteroatoms. The number of hydrogen-bond acceptors (Lipinski definition) is 4. The highest BCUT2D eigenvalue weighted by atomic mass is 79.9. The molecule has 1 amide bonds. The minimum absolute atomic E-state index is 0.0302. The Morgan fingerprint density at radius 3 is 2.68 bits per heavy atom. The van der Waals surface area contributed by atoms with Crippen molar-refractivity contribution in [2.24, 2.45) is 21.1 Å². The molecular formula is C26H28Br2N4O2. The second kappa shape index (κ2) is 8.57. The van der Waals surface area contributed by atoms with Gasteiger partial charge in [0.05, 0.1) is 17.7 Å². The predicted octanol–water partition coefficient (Wildman–Crippen LogP) is 7.65. The lowest BCUT2D eigenvalue weighted by molar-refractivity contribution is 0.0994. The van der Waals surface area contributed by atoms with Crippen molar-refractivity contribution in [3.63, 3.8) is 0 Å². The predicted molar refractivity (Wildman–Crippen MR) is 141 cm³/mol. The number of azo groups is 1. The van der Waals surface area contributed by atoms with E-state index in [1.807, 2.05) is 28.8 Å². The summed E-state index contributed by atoms with van der Waals surface area (Å²) >= 11 is 6.91. The molecule has 6 nitrogen and oxygen atoms in total. The molecule has 2 aliphatic rings. The topological polar surface area (TPSA) is 70.2 Å². The molecule has 2 bridgehead atoms. The van der Waals surface area contributed by atoms with E-state index in [9.17, 15) is 9.90 Å². The smallest absolute Gasteiger partial charge is 0.296 e. The normalized spacial score (nSPS) is 24.3. The number of carbonyl (C=O) groups excluding carboxylic acids is 1. The molecule has 0 unspecified atom stereocenters. The Bertz CT molecular complexity index is 1320. The van der Waals surface area contributed by atoms with Gasteiger partial charge >= 0.3 is 0 Å². The molecule has 1 aromatic heterocycles. The molecular weight excluding hydrogens is 560 g/mol. The molecule has 5 rings (SSSR count). The number of amides is 1. The molecule has 1 saturated carbocycles. The van der Waals surface area contributed by atoms with E-state index in [0.29, 0.717) is 39.3 Å². The van der Waals surface area contributed by atoms with Crippen LogP contribution < -0.4 is 0 Å². The molecule has 34 heavy (non-hydrogen) atoms. The van der Waals surface area contributed by atoms with E-state index in [4.69, 9.17) is 0 Å². The van der Waals surface area contributed by atoms with Gasteiger partial charge < -0.3 is 5.11 Å². The van der Waals surface area contributed by atoms with Crippen molar-refractivity contribution < 1.29 is 9.90 Å². The summed E-state index contributed by atoms with van der Waals surface area (Å²) in [6.07, 6.45) is 3.56. The number of aromatic nitrogens is 1. The van der Waals surface area contributed by atoms with Crippen LogP contribution in [0.25, 0.3) is 10.9 Å². The van der Waals surface area contributed by atoms with Crippen LogP contribution in [0, 0.1) is 10.8 Å². The van der Waals surface area contributed by atoms with E-state index >= 15 is 0 Å². The second-order valence-electron chi connectivity index (χ2n) is 10.8. The van der Waals surface area contributed by atoms with Gasteiger partial charge in [-0.3, -0.25) is 14.3 Å². The third-order valence-electron chi connectivity index (χ3n) is 7.16. The molecule has 1 N–H and O–H groups in total. The molecule has 1 aliphatic heterocycles. The highest BCUT2D eigenvalue weighted by molar-refractivity contribution is 9.10. The van der Waals surface area contributed by atoms with E-state index in [-0.39, 0.29) is 5.88 Å². The highest BCUT2D eigenvalue weighted by Gasteiger charge is 2.49. The Labute approximate surface area is 216 Å². The van der Waals surface area contributed by atoms with E-state index in [1.165, 1.54) is 12.8 Å². The Kier molecular flexibility index (Phi) is 5.97. The molecule has 2 atom stereocenters. The summed E-state index contributed by atoms with van der Waals surface area (Å²) in [5.74, 6) is -0.436. The van der Waals surface area contributed by atoms with Gasteiger partial charge in [-0.1, -0.05) is 48.8 Å². The van der Waals surface area contributed by atoms with Crippen molar-refractivity contribution in [3.05, 3.63) is 57.0 Å². The first-order valence-electron chi connectivity index (χ1n) is 11.5. The van der Waals surface area contributed by atoms with Gasteiger partial charge in [0.25, 0.3) is 5.91 Å². The lowest BCUT2D eigenvalue weighted by Crippen LogP contribution is -2.35. The SMILES string of the molecule is CC1(C)C[C@@H]2C[C@](C)(CN2Cn2c(O)c(N=NC(=O)c3ccccc3Br)c3cc(Br)ccc32)C1. The van der Waals surface area contributed by atoms with E-state index in [1.54, 1.807) is 18.2 Å². The largest absolute Gasteiger partial charge is 0.493 e. The van der Waals surface area contributed by atoms with Crippen LogP contribution in [-0.4, -0.2) is 33.1 Å². The molecule has 3 aromatic rings. The zero-order valence-corrected chi connectivity index (χ0v) is 22.7. The fourth-order valence-corrected chi connectivity index (χ4v) is 7.06. The number of carbonyl (C=O) groups is 1. The van der Waals surface area contributed by atoms with Crippen molar-refractivity contribution in [2.45, 2.75) is 52.7 Å². The molecule has 2 aromatic carbocycles. The van der Waals surface area contributed by atoms with Crippen molar-refractivity contribution in [1.82, 2.24) is 9.47 Å². The summed E-state index contributed by atoms with van der Waals surface area (Å²) in [4.78, 5) is 15.2. The van der Waals surface area contributed by atoms with Gasteiger partial charge in [-0.2, -0.15) is 0 Å². The number of likely N-dealkylation sites (tertiary alicyclic amines) is 1. The van der Waals surface area contributed by atoms with E-state index in [0.717, 1.165) is 28.3 Å². The summed E-state index contributed by atoms with van der Waals surface area (Å²) in [5, 5.41) is 20.2. The maximum absolute atomic E-state index is 12.7. The van der Waals surface area contributed by atoms with Crippen LogP contribution in [0.2, 0.25) is 0 Å². The molecule has 0 spiro atoms. The number of benzene rings is 2. The van der Waals surface area contributed by atoms with Crippen molar-refractivity contribution in [2.75, 3.05) is 6.54 Å². The number of hydrogen-bond donors (Lipinski definition) is 1. The van der Waals surface area contributed by atoms with Gasteiger partial charge in [-0.15, -0.1) is 10.2 Å². The number of fused-ring (bicyclic) bond motifs is 3. The lowest BCUT2D eigenvalue weighted by Gasteiger charge is -2.40. The Morgan fingerprint density at radius 1 is 1.15 bits per heavy atom. The highest BCUT2D eigenvalue weighted by Crippen LogP contribution is 2.53. The first-order chi connectivity index (χ1) is 16.1. The molecule has 1 aliphatic carbocycles. The third-order valence-corrected chi connectivity index (χ3v) is 8.35. The minimum atomic E-state index is -0.466. The van der Waals surface area contributed by atoms with Crippen molar-refractivity contribution >= 4 is 54.4 Å². The van der Waals surface area contributed by atoms with Crippen LogP contribution >= 0.6 is 31.9 Å². The number of rotatable bonds is 4. The quantitative estimate of drug-likeness (QED) is 0.319. The van der Waals surface area contributed by atoms with Gasteiger partial charge in [0.15, 0.2) is 5.69 Å². The Hall–Kier alpha value is -2.03. The summed E-state index contributed by atoms with van der Waals surface area (Å²) in [5.41, 5.74) is 2.23. The standard InChI is InChI=1S/C26H28Br2N4O2/c1-25(2)11-17-12-26(3,13-25)14-31(17)15-32-21-9-8-16(27)10-19(21)22(24(32)34)29-30-23(33)18-6-4-5-7-20(18)28/h4-10,17,34H,11-15H2,1-3H3/t17-,26+/m1/s1. The summed E-state index contributed by atoms with van der Waals surface area (Å²) < 4.78 is 3.43. The molecule has 2 heterocycles. The number of nitrogens with zero attached hydrogens (tertiary/aromatic N) is 4.